The molecule has 0 aliphatic heterocycles. The third kappa shape index (κ3) is 4.67. The van der Waals surface area contributed by atoms with Crippen molar-refractivity contribution in [2.24, 2.45) is 0 Å². The second-order valence-electron chi connectivity index (χ2n) is 5.96. The summed E-state index contributed by atoms with van der Waals surface area (Å²) in [7, 11) is 1.42. The van der Waals surface area contributed by atoms with Gasteiger partial charge in [0.1, 0.15) is 17.9 Å². The molecule has 0 bridgehead atoms. The fourth-order valence-corrected chi connectivity index (χ4v) is 3.62. The monoisotopic (exact) mass is 431 g/mol. The first-order valence-corrected chi connectivity index (χ1v) is 9.76. The van der Waals surface area contributed by atoms with Crippen LogP contribution in [0.1, 0.15) is 23.0 Å². The van der Waals surface area contributed by atoms with Gasteiger partial charge in [0.05, 0.1) is 29.2 Å². The predicted molar refractivity (Wildman–Crippen MR) is 113 cm³/mol. The number of amides is 1. The fourth-order valence-electron chi connectivity index (χ4n) is 2.58. The van der Waals surface area contributed by atoms with E-state index in [0.717, 1.165) is 0 Å². The molecule has 1 amide bonds. The summed E-state index contributed by atoms with van der Waals surface area (Å²) >= 11 is 7.27. The Morgan fingerprint density at radius 3 is 2.62 bits per heavy atom. The lowest BCUT2D eigenvalue weighted by molar-refractivity contribution is -0.115. The normalized spacial score (nSPS) is 10.4. The zero-order valence-corrected chi connectivity index (χ0v) is 17.3. The Hall–Kier alpha value is -3.10. The number of carbonyl (C=O) groups excluding carboxylic acids is 2. The molecule has 3 aromatic rings. The van der Waals surface area contributed by atoms with E-state index in [4.69, 9.17) is 26.8 Å². The van der Waals surface area contributed by atoms with Gasteiger partial charge in [-0.15, -0.1) is 11.3 Å². The molecule has 0 atom stereocenters. The van der Waals surface area contributed by atoms with Crippen LogP contribution in [0.4, 0.5) is 16.5 Å². The Bertz CT molecular complexity index is 1040. The zero-order valence-electron chi connectivity index (χ0n) is 15.7. The van der Waals surface area contributed by atoms with Crippen molar-refractivity contribution in [2.75, 3.05) is 17.7 Å². The van der Waals surface area contributed by atoms with Gasteiger partial charge in [0.25, 0.3) is 0 Å². The van der Waals surface area contributed by atoms with Crippen LogP contribution in [0.15, 0.2) is 47.8 Å². The average molecular weight is 432 g/mol. The molecule has 3 rings (SSSR count). The summed E-state index contributed by atoms with van der Waals surface area (Å²) < 4.78 is 10.5. The lowest BCUT2D eigenvalue weighted by Crippen LogP contribution is -2.22. The Labute approximate surface area is 176 Å². The van der Waals surface area contributed by atoms with E-state index in [1.807, 2.05) is 30.3 Å². The number of anilines is 3. The summed E-state index contributed by atoms with van der Waals surface area (Å²) in [5, 5.41) is 2.45. The molecule has 29 heavy (non-hydrogen) atoms. The standard InChI is InChI=1S/C20H18ClN3O4S/c1-12(25)24(14-6-4-3-5-7-14)20-23-13(11-29-20)10-28-19(26)15-8-16(21)17(22)9-18(15)27-2/h3-9,11H,10,22H2,1-2H3. The van der Waals surface area contributed by atoms with Crippen molar-refractivity contribution in [1.29, 1.82) is 0 Å². The molecule has 0 saturated carbocycles. The molecule has 7 nitrogen and oxygen atoms in total. The van der Waals surface area contributed by atoms with Gasteiger partial charge in [-0.05, 0) is 18.2 Å². The predicted octanol–water partition coefficient (Wildman–Crippen LogP) is 4.43. The Kier molecular flexibility index (Phi) is 6.36. The number of thiazole rings is 1. The summed E-state index contributed by atoms with van der Waals surface area (Å²) in [4.78, 5) is 30.5. The molecule has 0 aliphatic carbocycles. The number of hydrogen-bond acceptors (Lipinski definition) is 7. The van der Waals surface area contributed by atoms with Gasteiger partial charge in [-0.3, -0.25) is 9.69 Å². The van der Waals surface area contributed by atoms with Crippen LogP contribution in [0.5, 0.6) is 5.75 Å². The van der Waals surface area contributed by atoms with E-state index in [0.29, 0.717) is 22.2 Å². The summed E-state index contributed by atoms with van der Waals surface area (Å²) in [5.74, 6) is -0.525. The van der Waals surface area contributed by atoms with Gasteiger partial charge in [0, 0.05) is 18.4 Å². The van der Waals surface area contributed by atoms with Crippen LogP contribution in [0.25, 0.3) is 0 Å². The minimum atomic E-state index is -0.621. The Balaban J connectivity index is 1.75. The molecule has 0 radical (unpaired) electrons. The highest BCUT2D eigenvalue weighted by Crippen LogP contribution is 2.31. The molecule has 0 aliphatic rings. The van der Waals surface area contributed by atoms with Crippen LogP contribution in [0, 0.1) is 0 Å². The number of aromatic nitrogens is 1. The first kappa shape index (κ1) is 20.6. The average Bonchev–Trinajstić information content (AvgIpc) is 3.16. The van der Waals surface area contributed by atoms with Crippen molar-refractivity contribution >= 4 is 51.3 Å². The van der Waals surface area contributed by atoms with Crippen molar-refractivity contribution in [2.45, 2.75) is 13.5 Å². The third-order valence-electron chi connectivity index (χ3n) is 3.95. The number of halogens is 1. The van der Waals surface area contributed by atoms with Crippen LogP contribution in [-0.2, 0) is 16.1 Å². The molecule has 1 heterocycles. The van der Waals surface area contributed by atoms with Gasteiger partial charge in [-0.25, -0.2) is 9.78 Å². The van der Waals surface area contributed by atoms with Crippen molar-refractivity contribution in [3.8, 4) is 5.75 Å². The molecule has 9 heteroatoms. The largest absolute Gasteiger partial charge is 0.496 e. The van der Waals surface area contributed by atoms with E-state index in [1.165, 1.54) is 42.4 Å². The van der Waals surface area contributed by atoms with E-state index in [9.17, 15) is 9.59 Å². The second-order valence-corrected chi connectivity index (χ2v) is 7.21. The lowest BCUT2D eigenvalue weighted by Gasteiger charge is -2.17. The second kappa shape index (κ2) is 8.93. The highest BCUT2D eigenvalue weighted by molar-refractivity contribution is 7.14. The summed E-state index contributed by atoms with van der Waals surface area (Å²) in [5.41, 5.74) is 7.42. The SMILES string of the molecule is COc1cc(N)c(Cl)cc1C(=O)OCc1csc(N(C(C)=O)c2ccccc2)n1. The molecule has 0 fully saturated rings. The Morgan fingerprint density at radius 2 is 1.97 bits per heavy atom. The maximum Gasteiger partial charge on any atom is 0.342 e. The highest BCUT2D eigenvalue weighted by atomic mass is 35.5. The number of nitrogens with two attached hydrogens (primary N) is 1. The zero-order chi connectivity index (χ0) is 21.0. The number of methoxy groups -OCH3 is 1. The van der Waals surface area contributed by atoms with E-state index in [2.05, 4.69) is 4.98 Å². The smallest absolute Gasteiger partial charge is 0.342 e. The molecular formula is C20H18ClN3O4S. The molecule has 2 aromatic carbocycles. The molecule has 2 N–H and O–H groups in total. The molecule has 150 valence electrons. The summed E-state index contributed by atoms with van der Waals surface area (Å²) in [6.45, 7) is 1.40. The number of ether oxygens (including phenoxy) is 2. The van der Waals surface area contributed by atoms with Crippen LogP contribution < -0.4 is 15.4 Å². The van der Waals surface area contributed by atoms with E-state index in [-0.39, 0.29) is 28.8 Å². The number of benzene rings is 2. The summed E-state index contributed by atoms with van der Waals surface area (Å²) in [6, 6.07) is 12.0. The number of esters is 1. The molecule has 0 unspecified atom stereocenters. The maximum absolute atomic E-state index is 12.4. The van der Waals surface area contributed by atoms with Gasteiger partial charge in [-0.1, -0.05) is 29.8 Å². The van der Waals surface area contributed by atoms with Crippen LogP contribution in [0.3, 0.4) is 0 Å². The van der Waals surface area contributed by atoms with Crippen molar-refractivity contribution in [3.05, 3.63) is 64.1 Å². The van der Waals surface area contributed by atoms with Gasteiger partial charge in [0.15, 0.2) is 5.13 Å². The van der Waals surface area contributed by atoms with Gasteiger partial charge in [-0.2, -0.15) is 0 Å². The quantitative estimate of drug-likeness (QED) is 0.458. The topological polar surface area (TPSA) is 94.7 Å². The maximum atomic E-state index is 12.4. The number of carbonyl (C=O) groups is 2. The number of hydrogen-bond donors (Lipinski definition) is 1. The van der Waals surface area contributed by atoms with Gasteiger partial charge < -0.3 is 15.2 Å². The van der Waals surface area contributed by atoms with Crippen LogP contribution in [-0.4, -0.2) is 24.0 Å². The highest BCUT2D eigenvalue weighted by Gasteiger charge is 2.20. The number of rotatable bonds is 6. The van der Waals surface area contributed by atoms with Gasteiger partial charge >= 0.3 is 5.97 Å². The van der Waals surface area contributed by atoms with Crippen LogP contribution >= 0.6 is 22.9 Å². The first-order valence-electron chi connectivity index (χ1n) is 8.51. The van der Waals surface area contributed by atoms with E-state index >= 15 is 0 Å². The lowest BCUT2D eigenvalue weighted by atomic mass is 10.2. The Morgan fingerprint density at radius 1 is 1.24 bits per heavy atom. The summed E-state index contributed by atoms with van der Waals surface area (Å²) in [6.07, 6.45) is 0. The molecule has 1 aromatic heterocycles. The van der Waals surface area contributed by atoms with Crippen molar-refractivity contribution < 1.29 is 19.1 Å². The molecule has 0 saturated heterocycles. The minimum Gasteiger partial charge on any atom is -0.496 e. The van der Waals surface area contributed by atoms with E-state index < -0.39 is 5.97 Å². The number of nitrogens with zero attached hydrogens (tertiary/aromatic N) is 2. The van der Waals surface area contributed by atoms with Crippen molar-refractivity contribution in [3.63, 3.8) is 0 Å². The molecule has 0 spiro atoms. The minimum absolute atomic E-state index is 0.0684. The van der Waals surface area contributed by atoms with Crippen LogP contribution in [0.2, 0.25) is 5.02 Å². The first-order chi connectivity index (χ1) is 13.9. The number of nitrogen functional groups attached to an aromatic ring is 1. The fraction of sp³-hybridized carbons (Fsp3) is 0.150. The molecular weight excluding hydrogens is 414 g/mol. The van der Waals surface area contributed by atoms with Crippen molar-refractivity contribution in [1.82, 2.24) is 4.98 Å². The third-order valence-corrected chi connectivity index (χ3v) is 5.15. The van der Waals surface area contributed by atoms with Gasteiger partial charge in [0.2, 0.25) is 5.91 Å². The van der Waals surface area contributed by atoms with E-state index in [1.54, 1.807) is 5.38 Å². The number of para-hydroxylation sites is 1.